The first-order valence-electron chi connectivity index (χ1n) is 9.75. The number of alkyl halides is 1. The van der Waals surface area contributed by atoms with Gasteiger partial charge in [0, 0.05) is 34.8 Å². The number of hydrogen-bond donors (Lipinski definition) is 1. The largest absolute Gasteiger partial charge is 0.354 e. The number of carbonyl (C=O) groups is 1. The molecule has 0 radical (unpaired) electrons. The Labute approximate surface area is 170 Å². The molecule has 0 bridgehead atoms. The molecule has 1 aromatic heterocycles. The Morgan fingerprint density at radius 3 is 2.53 bits per heavy atom. The molecule has 150 valence electrons. The molecule has 6 heteroatoms. The summed E-state index contributed by atoms with van der Waals surface area (Å²) in [4.78, 5) is 30.7. The maximum Gasteiger partial charge on any atom is 0.256 e. The summed E-state index contributed by atoms with van der Waals surface area (Å²) in [6.45, 7) is -0.0706. The first-order chi connectivity index (χ1) is 14.5. The molecule has 1 aliphatic heterocycles. The van der Waals surface area contributed by atoms with Crippen molar-refractivity contribution in [3.8, 4) is 0 Å². The van der Waals surface area contributed by atoms with E-state index in [4.69, 9.17) is 0 Å². The Balaban J connectivity index is 1.56. The van der Waals surface area contributed by atoms with Crippen molar-refractivity contribution in [3.63, 3.8) is 0 Å². The molecule has 3 aromatic carbocycles. The monoisotopic (exact) mass is 404 g/mol. The van der Waals surface area contributed by atoms with Crippen molar-refractivity contribution in [2.45, 2.75) is 12.1 Å². The Kier molecular flexibility index (Phi) is 4.17. The smallest absolute Gasteiger partial charge is 0.256 e. The number of aromatic amines is 1. The van der Waals surface area contributed by atoms with Crippen LogP contribution in [0.2, 0.25) is 0 Å². The minimum Gasteiger partial charge on any atom is -0.354 e. The quantitative estimate of drug-likeness (QED) is 0.499. The molecule has 1 unspecified atom stereocenters. The highest BCUT2D eigenvalue weighted by molar-refractivity contribution is 6.07. The van der Waals surface area contributed by atoms with E-state index in [1.54, 1.807) is 48.5 Å². The van der Waals surface area contributed by atoms with Crippen molar-refractivity contribution in [1.82, 2.24) is 9.88 Å². The second-order valence-electron chi connectivity index (χ2n) is 7.65. The van der Waals surface area contributed by atoms with Gasteiger partial charge in [-0.05, 0) is 30.3 Å². The van der Waals surface area contributed by atoms with Crippen LogP contribution in [0.4, 0.5) is 8.78 Å². The minimum atomic E-state index is -1.94. The van der Waals surface area contributed by atoms with Crippen LogP contribution in [0.25, 0.3) is 21.8 Å². The fourth-order valence-corrected chi connectivity index (χ4v) is 4.29. The molecular formula is C24H18F2N2O2. The summed E-state index contributed by atoms with van der Waals surface area (Å²) in [6.07, 6.45) is 0.0177. The number of nitrogens with zero attached hydrogens (tertiary/aromatic N) is 1. The van der Waals surface area contributed by atoms with Gasteiger partial charge < -0.3 is 9.88 Å². The molecular weight excluding hydrogens is 386 g/mol. The van der Waals surface area contributed by atoms with E-state index >= 15 is 4.39 Å². The van der Waals surface area contributed by atoms with Crippen LogP contribution in [-0.2, 0) is 5.67 Å². The number of likely N-dealkylation sites (tertiary alicyclic amines) is 1. The van der Waals surface area contributed by atoms with Crippen LogP contribution in [0.5, 0.6) is 0 Å². The number of H-pyrrole nitrogens is 1. The second kappa shape index (κ2) is 6.76. The van der Waals surface area contributed by atoms with Gasteiger partial charge in [0.15, 0.2) is 11.1 Å². The molecule has 5 rings (SSSR count). The van der Waals surface area contributed by atoms with Gasteiger partial charge >= 0.3 is 0 Å². The van der Waals surface area contributed by atoms with Crippen molar-refractivity contribution in [1.29, 1.82) is 0 Å². The van der Waals surface area contributed by atoms with Crippen LogP contribution < -0.4 is 5.43 Å². The SMILES string of the molecule is O=C(c1cccc2c(=O)c3ccccc3[nH]c12)N1CCC(F)(c2ccccc2F)C1. The van der Waals surface area contributed by atoms with Gasteiger partial charge in [-0.15, -0.1) is 0 Å². The summed E-state index contributed by atoms with van der Waals surface area (Å²) < 4.78 is 29.7. The number of carbonyl (C=O) groups excluding carboxylic acids is 1. The molecule has 4 nitrogen and oxygen atoms in total. The fraction of sp³-hybridized carbons (Fsp3) is 0.167. The number of para-hydroxylation sites is 2. The lowest BCUT2D eigenvalue weighted by Gasteiger charge is -2.22. The number of benzene rings is 3. The van der Waals surface area contributed by atoms with E-state index in [1.165, 1.54) is 23.1 Å². The number of nitrogens with one attached hydrogen (secondary N) is 1. The summed E-state index contributed by atoms with van der Waals surface area (Å²) in [5.74, 6) is -1.00. The van der Waals surface area contributed by atoms with E-state index in [9.17, 15) is 14.0 Å². The van der Waals surface area contributed by atoms with Gasteiger partial charge in [0.05, 0.1) is 17.6 Å². The van der Waals surface area contributed by atoms with E-state index < -0.39 is 11.5 Å². The molecule has 30 heavy (non-hydrogen) atoms. The maximum absolute atomic E-state index is 15.5. The van der Waals surface area contributed by atoms with E-state index in [0.29, 0.717) is 27.4 Å². The van der Waals surface area contributed by atoms with Gasteiger partial charge in [0.1, 0.15) is 5.82 Å². The summed E-state index contributed by atoms with van der Waals surface area (Å²) in [5.41, 5.74) is -0.783. The average molecular weight is 404 g/mol. The predicted octanol–water partition coefficient (Wildman–Crippen LogP) is 4.53. The first-order valence-corrected chi connectivity index (χ1v) is 9.75. The lowest BCUT2D eigenvalue weighted by atomic mass is 9.94. The normalized spacial score (nSPS) is 18.9. The lowest BCUT2D eigenvalue weighted by Crippen LogP contribution is -2.33. The molecule has 1 N–H and O–H groups in total. The number of pyridine rings is 1. The van der Waals surface area contributed by atoms with Crippen molar-refractivity contribution in [3.05, 3.63) is 93.9 Å². The summed E-state index contributed by atoms with van der Waals surface area (Å²) in [7, 11) is 0. The number of amides is 1. The number of hydrogen-bond acceptors (Lipinski definition) is 2. The molecule has 2 heterocycles. The number of aromatic nitrogens is 1. The topological polar surface area (TPSA) is 53.2 Å². The molecule has 0 spiro atoms. The number of fused-ring (bicyclic) bond motifs is 2. The van der Waals surface area contributed by atoms with Gasteiger partial charge in [-0.1, -0.05) is 36.4 Å². The van der Waals surface area contributed by atoms with E-state index in [1.807, 2.05) is 0 Å². The second-order valence-corrected chi connectivity index (χ2v) is 7.65. The maximum atomic E-state index is 15.5. The predicted molar refractivity (Wildman–Crippen MR) is 112 cm³/mol. The number of halogens is 2. The summed E-state index contributed by atoms with van der Waals surface area (Å²) in [5, 5.41) is 0.942. The molecule has 1 saturated heterocycles. The molecule has 1 fully saturated rings. The molecule has 1 amide bonds. The minimum absolute atomic E-state index is 0.0177. The van der Waals surface area contributed by atoms with Crippen molar-refractivity contribution >= 4 is 27.7 Å². The van der Waals surface area contributed by atoms with Gasteiger partial charge in [0.25, 0.3) is 5.91 Å². The highest BCUT2D eigenvalue weighted by Crippen LogP contribution is 2.38. The van der Waals surface area contributed by atoms with E-state index in [2.05, 4.69) is 4.98 Å². The van der Waals surface area contributed by atoms with Gasteiger partial charge in [-0.25, -0.2) is 8.78 Å². The van der Waals surface area contributed by atoms with Gasteiger partial charge in [0.2, 0.25) is 0 Å². The third-order valence-corrected chi connectivity index (χ3v) is 5.83. The van der Waals surface area contributed by atoms with Gasteiger partial charge in [-0.3, -0.25) is 9.59 Å². The third-order valence-electron chi connectivity index (χ3n) is 5.83. The first kappa shape index (κ1) is 18.5. The Morgan fingerprint density at radius 1 is 0.967 bits per heavy atom. The number of rotatable bonds is 2. The molecule has 0 saturated carbocycles. The van der Waals surface area contributed by atoms with Crippen LogP contribution in [0.1, 0.15) is 22.3 Å². The van der Waals surface area contributed by atoms with E-state index in [-0.39, 0.29) is 36.4 Å². The molecule has 4 aromatic rings. The molecule has 1 aliphatic rings. The molecule has 1 atom stereocenters. The van der Waals surface area contributed by atoms with Crippen LogP contribution in [0.15, 0.2) is 71.5 Å². The Hall–Kier alpha value is -3.54. The van der Waals surface area contributed by atoms with Crippen molar-refractivity contribution in [2.24, 2.45) is 0 Å². The Bertz CT molecular complexity index is 1360. The highest BCUT2D eigenvalue weighted by Gasteiger charge is 2.43. The zero-order chi connectivity index (χ0) is 20.9. The standard InChI is InChI=1S/C24H18F2N2O2/c25-19-10-3-2-9-18(19)24(26)12-13-28(14-24)23(30)17-8-5-7-16-21(17)27-20-11-4-1-6-15(20)22(16)29/h1-11H,12-14H2,(H,27,29). The van der Waals surface area contributed by atoms with Crippen LogP contribution in [0, 0.1) is 5.82 Å². The van der Waals surface area contributed by atoms with Crippen molar-refractivity contribution < 1.29 is 13.6 Å². The fourth-order valence-electron chi connectivity index (χ4n) is 4.29. The third kappa shape index (κ3) is 2.79. The summed E-state index contributed by atoms with van der Waals surface area (Å²) in [6, 6.07) is 17.8. The average Bonchev–Trinajstić information content (AvgIpc) is 3.16. The Morgan fingerprint density at radius 2 is 1.70 bits per heavy atom. The van der Waals surface area contributed by atoms with Crippen LogP contribution >= 0.6 is 0 Å². The zero-order valence-electron chi connectivity index (χ0n) is 16.0. The van der Waals surface area contributed by atoms with Crippen LogP contribution in [0.3, 0.4) is 0 Å². The lowest BCUT2D eigenvalue weighted by molar-refractivity contribution is 0.0750. The van der Waals surface area contributed by atoms with Crippen LogP contribution in [-0.4, -0.2) is 28.9 Å². The molecule has 0 aliphatic carbocycles. The highest BCUT2D eigenvalue weighted by atomic mass is 19.1. The van der Waals surface area contributed by atoms with Crippen molar-refractivity contribution in [2.75, 3.05) is 13.1 Å². The van der Waals surface area contributed by atoms with E-state index in [0.717, 1.165) is 0 Å². The zero-order valence-corrected chi connectivity index (χ0v) is 16.0. The van der Waals surface area contributed by atoms with Gasteiger partial charge in [-0.2, -0.15) is 0 Å². The summed E-state index contributed by atoms with van der Waals surface area (Å²) >= 11 is 0.